The lowest BCUT2D eigenvalue weighted by Gasteiger charge is -2.25. The summed E-state index contributed by atoms with van der Waals surface area (Å²) in [6.45, 7) is 8.40. The number of anilines is 2. The monoisotopic (exact) mass is 409 g/mol. The van der Waals surface area contributed by atoms with Gasteiger partial charge in [-0.1, -0.05) is 23.7 Å². The maximum Gasteiger partial charge on any atom is 0.178 e. The molecule has 8 heteroatoms. The minimum Gasteiger partial charge on any atom is -0.381 e. The molecule has 29 heavy (non-hydrogen) atoms. The number of benzene rings is 1. The van der Waals surface area contributed by atoms with E-state index in [9.17, 15) is 5.26 Å². The first-order valence-corrected chi connectivity index (χ1v) is 10.1. The van der Waals surface area contributed by atoms with Crippen molar-refractivity contribution in [3.63, 3.8) is 0 Å². The predicted molar refractivity (Wildman–Crippen MR) is 115 cm³/mol. The van der Waals surface area contributed by atoms with E-state index in [2.05, 4.69) is 34.4 Å². The SMILES string of the molecule is CCN(Cc1c(CC2CN2)ccc(C)c1C#N)c1cc(C)n2nc(N)c(Cl)c2n1. The molecule has 0 saturated carbocycles. The van der Waals surface area contributed by atoms with Gasteiger partial charge in [0.25, 0.3) is 0 Å². The van der Waals surface area contributed by atoms with Crippen LogP contribution in [0.3, 0.4) is 0 Å². The van der Waals surface area contributed by atoms with E-state index < -0.39 is 0 Å². The van der Waals surface area contributed by atoms with Gasteiger partial charge in [0, 0.05) is 37.4 Å². The third-order valence-corrected chi connectivity index (χ3v) is 5.83. The summed E-state index contributed by atoms with van der Waals surface area (Å²) in [5.41, 5.74) is 11.4. The van der Waals surface area contributed by atoms with Gasteiger partial charge < -0.3 is 16.0 Å². The van der Waals surface area contributed by atoms with Gasteiger partial charge in [-0.25, -0.2) is 9.50 Å². The zero-order valence-corrected chi connectivity index (χ0v) is 17.6. The Morgan fingerprint density at radius 1 is 1.41 bits per heavy atom. The van der Waals surface area contributed by atoms with Crippen molar-refractivity contribution < 1.29 is 0 Å². The number of rotatable bonds is 6. The van der Waals surface area contributed by atoms with E-state index in [0.29, 0.717) is 23.3 Å². The minimum atomic E-state index is 0.270. The summed E-state index contributed by atoms with van der Waals surface area (Å²) in [7, 11) is 0. The Hall–Kier alpha value is -2.82. The van der Waals surface area contributed by atoms with Crippen LogP contribution in [0.15, 0.2) is 18.2 Å². The quantitative estimate of drug-likeness (QED) is 0.606. The van der Waals surface area contributed by atoms with E-state index in [-0.39, 0.29) is 5.82 Å². The lowest BCUT2D eigenvalue weighted by Crippen LogP contribution is -2.25. The van der Waals surface area contributed by atoms with Gasteiger partial charge in [0.05, 0.1) is 11.6 Å². The topological polar surface area (TPSA) is 105 Å². The zero-order chi connectivity index (χ0) is 20.7. The maximum atomic E-state index is 9.81. The van der Waals surface area contributed by atoms with E-state index in [0.717, 1.165) is 47.7 Å². The van der Waals surface area contributed by atoms with Crippen molar-refractivity contribution in [2.24, 2.45) is 0 Å². The van der Waals surface area contributed by atoms with Crippen molar-refractivity contribution in [1.82, 2.24) is 19.9 Å². The predicted octanol–water partition coefficient (Wildman–Crippen LogP) is 2.99. The molecule has 1 aliphatic rings. The van der Waals surface area contributed by atoms with E-state index in [1.807, 2.05) is 26.0 Å². The molecule has 0 spiro atoms. The van der Waals surface area contributed by atoms with Crippen LogP contribution >= 0.6 is 11.6 Å². The normalized spacial score (nSPS) is 15.5. The smallest absolute Gasteiger partial charge is 0.178 e. The zero-order valence-electron chi connectivity index (χ0n) is 16.8. The molecule has 3 aromatic rings. The van der Waals surface area contributed by atoms with E-state index in [4.69, 9.17) is 22.3 Å². The minimum absolute atomic E-state index is 0.270. The number of nitrogens with two attached hydrogens (primary N) is 1. The third-order valence-electron chi connectivity index (χ3n) is 5.47. The number of nitriles is 1. The number of nitrogens with zero attached hydrogens (tertiary/aromatic N) is 5. The summed E-state index contributed by atoms with van der Waals surface area (Å²) in [6.07, 6.45) is 0.929. The first-order valence-electron chi connectivity index (χ1n) is 9.74. The fourth-order valence-electron chi connectivity index (χ4n) is 3.67. The van der Waals surface area contributed by atoms with Gasteiger partial charge in [0.2, 0.25) is 0 Å². The van der Waals surface area contributed by atoms with E-state index in [1.165, 1.54) is 5.56 Å². The molecule has 7 nitrogen and oxygen atoms in total. The van der Waals surface area contributed by atoms with Crippen LogP contribution in [0.5, 0.6) is 0 Å². The molecule has 1 fully saturated rings. The summed E-state index contributed by atoms with van der Waals surface area (Å²) in [6, 6.07) is 9.08. The van der Waals surface area contributed by atoms with Crippen molar-refractivity contribution in [2.75, 3.05) is 23.7 Å². The molecular weight excluding hydrogens is 386 g/mol. The van der Waals surface area contributed by atoms with Gasteiger partial charge in [-0.15, -0.1) is 5.10 Å². The molecule has 2 aromatic heterocycles. The van der Waals surface area contributed by atoms with Crippen LogP contribution in [0, 0.1) is 25.2 Å². The van der Waals surface area contributed by atoms with Crippen LogP contribution in [-0.2, 0) is 13.0 Å². The number of fused-ring (bicyclic) bond motifs is 1. The highest BCUT2D eigenvalue weighted by atomic mass is 35.5. The van der Waals surface area contributed by atoms with Gasteiger partial charge in [0.15, 0.2) is 11.5 Å². The van der Waals surface area contributed by atoms with Crippen molar-refractivity contribution >= 4 is 28.9 Å². The van der Waals surface area contributed by atoms with Crippen molar-refractivity contribution in [2.45, 2.75) is 39.8 Å². The van der Waals surface area contributed by atoms with Crippen LogP contribution in [-0.4, -0.2) is 33.7 Å². The Bertz CT molecular complexity index is 1120. The highest BCUT2D eigenvalue weighted by Gasteiger charge is 2.24. The molecule has 1 aromatic carbocycles. The Morgan fingerprint density at radius 2 is 2.17 bits per heavy atom. The molecule has 1 unspecified atom stereocenters. The van der Waals surface area contributed by atoms with Crippen molar-refractivity contribution in [3.8, 4) is 6.07 Å². The molecular formula is C21H24ClN7. The fourth-order valence-corrected chi connectivity index (χ4v) is 3.83. The summed E-state index contributed by atoms with van der Waals surface area (Å²) in [5.74, 6) is 1.06. The van der Waals surface area contributed by atoms with Gasteiger partial charge in [0.1, 0.15) is 10.8 Å². The van der Waals surface area contributed by atoms with Gasteiger partial charge in [-0.3, -0.25) is 0 Å². The standard InChI is InChI=1S/C21H24ClN7/c1-4-28(18-7-13(3)29-21(26-18)19(22)20(24)27-29)11-17-14(8-15-10-25-15)6-5-12(2)16(17)9-23/h5-7,15,25H,4,8,10-11H2,1-3H3,(H2,24,27). The van der Waals surface area contributed by atoms with Gasteiger partial charge >= 0.3 is 0 Å². The fraction of sp³-hybridized carbons (Fsp3) is 0.381. The van der Waals surface area contributed by atoms with Crippen LogP contribution in [0.2, 0.25) is 5.02 Å². The molecule has 150 valence electrons. The van der Waals surface area contributed by atoms with Crippen LogP contribution in [0.25, 0.3) is 5.65 Å². The largest absolute Gasteiger partial charge is 0.381 e. The molecule has 0 bridgehead atoms. The molecule has 4 rings (SSSR count). The Labute approximate surface area is 175 Å². The third kappa shape index (κ3) is 3.61. The molecule has 1 aliphatic heterocycles. The van der Waals surface area contributed by atoms with E-state index in [1.54, 1.807) is 4.52 Å². The maximum absolute atomic E-state index is 9.81. The van der Waals surface area contributed by atoms with Crippen LogP contribution in [0.4, 0.5) is 11.6 Å². The lowest BCUT2D eigenvalue weighted by molar-refractivity contribution is 0.786. The average molecular weight is 410 g/mol. The molecule has 0 aliphatic carbocycles. The molecule has 0 radical (unpaired) electrons. The number of hydrogen-bond acceptors (Lipinski definition) is 6. The molecule has 1 atom stereocenters. The van der Waals surface area contributed by atoms with Crippen LogP contribution in [0.1, 0.15) is 34.9 Å². The van der Waals surface area contributed by atoms with Crippen LogP contribution < -0.4 is 16.0 Å². The number of nitrogens with one attached hydrogen (secondary N) is 1. The highest BCUT2D eigenvalue weighted by molar-refractivity contribution is 6.35. The molecule has 0 amide bonds. The Morgan fingerprint density at radius 3 is 2.83 bits per heavy atom. The van der Waals surface area contributed by atoms with Gasteiger partial charge in [-0.2, -0.15) is 5.26 Å². The summed E-state index contributed by atoms with van der Waals surface area (Å²) in [4.78, 5) is 6.88. The number of hydrogen-bond donors (Lipinski definition) is 2. The molecule has 1 saturated heterocycles. The van der Waals surface area contributed by atoms with Gasteiger partial charge in [-0.05, 0) is 43.9 Å². The Kier molecular flexibility index (Phi) is 5.07. The average Bonchev–Trinajstić information content (AvgIpc) is 3.47. The summed E-state index contributed by atoms with van der Waals surface area (Å²) < 4.78 is 1.66. The summed E-state index contributed by atoms with van der Waals surface area (Å²) in [5, 5.41) is 17.8. The van der Waals surface area contributed by atoms with Crippen molar-refractivity contribution in [1.29, 1.82) is 5.26 Å². The second-order valence-corrected chi connectivity index (χ2v) is 7.90. The highest BCUT2D eigenvalue weighted by Crippen LogP contribution is 2.28. The number of aryl methyl sites for hydroxylation is 2. The second-order valence-electron chi connectivity index (χ2n) is 7.52. The molecule has 3 heterocycles. The molecule has 3 N–H and O–H groups in total. The lowest BCUT2D eigenvalue weighted by atomic mass is 9.94. The van der Waals surface area contributed by atoms with E-state index >= 15 is 0 Å². The number of halogens is 1. The summed E-state index contributed by atoms with van der Waals surface area (Å²) >= 11 is 6.31. The first kappa shape index (κ1) is 19.5. The first-order chi connectivity index (χ1) is 13.9. The Balaban J connectivity index is 1.77. The number of nitrogen functional groups attached to an aromatic ring is 1. The number of aromatic nitrogens is 3. The second kappa shape index (κ2) is 7.54. The van der Waals surface area contributed by atoms with Crippen molar-refractivity contribution in [3.05, 3.63) is 51.2 Å².